The van der Waals surface area contributed by atoms with Crippen molar-refractivity contribution in [2.24, 2.45) is 0 Å². The zero-order chi connectivity index (χ0) is 18.0. The number of para-hydroxylation sites is 1. The molecule has 1 aromatic heterocycles. The molecule has 4 rings (SSSR count). The fourth-order valence-electron chi connectivity index (χ4n) is 3.51. The van der Waals surface area contributed by atoms with Gasteiger partial charge < -0.3 is 9.67 Å². The molecule has 0 amide bonds. The summed E-state index contributed by atoms with van der Waals surface area (Å²) in [5.41, 5.74) is -2.19. The molecule has 25 heavy (non-hydrogen) atoms. The molecule has 1 N–H and O–H groups in total. The van der Waals surface area contributed by atoms with Gasteiger partial charge in [0.25, 0.3) is 5.72 Å². The normalized spacial score (nSPS) is 20.0. The Bertz CT molecular complexity index is 1030. The van der Waals surface area contributed by atoms with Gasteiger partial charge in [0.05, 0.1) is 11.2 Å². The van der Waals surface area contributed by atoms with Gasteiger partial charge in [-0.25, -0.2) is 4.39 Å². The highest BCUT2D eigenvalue weighted by Crippen LogP contribution is 2.50. The molecule has 0 bridgehead atoms. The van der Waals surface area contributed by atoms with Crippen LogP contribution in [0.4, 0.5) is 17.6 Å². The fourth-order valence-corrected chi connectivity index (χ4v) is 3.51. The van der Waals surface area contributed by atoms with E-state index in [9.17, 15) is 22.7 Å². The van der Waals surface area contributed by atoms with E-state index in [0.29, 0.717) is 17.0 Å². The van der Waals surface area contributed by atoms with E-state index in [1.54, 1.807) is 31.2 Å². The van der Waals surface area contributed by atoms with Crippen molar-refractivity contribution < 1.29 is 22.7 Å². The lowest BCUT2D eigenvalue weighted by Gasteiger charge is -2.27. The molecule has 1 atom stereocenters. The number of aliphatic hydroxyl groups is 1. The Kier molecular flexibility index (Phi) is 3.15. The van der Waals surface area contributed by atoms with Crippen LogP contribution in [0.25, 0.3) is 16.5 Å². The molecular formula is C19H13F4NO. The summed E-state index contributed by atoms with van der Waals surface area (Å²) in [6, 6.07) is 12.1. The van der Waals surface area contributed by atoms with Gasteiger partial charge in [-0.15, -0.1) is 0 Å². The standard InChI is InChI=1S/C19H13F4NO/c1-11-12-6-3-5-9-16(12)24-17(11)14(10-18(24,25)19(21,22)23)13-7-2-4-8-15(13)20/h2-10,25H,1H3. The van der Waals surface area contributed by atoms with Gasteiger partial charge >= 0.3 is 6.18 Å². The zero-order valence-corrected chi connectivity index (χ0v) is 13.1. The van der Waals surface area contributed by atoms with Crippen molar-refractivity contribution in [2.45, 2.75) is 18.8 Å². The number of hydrogen-bond donors (Lipinski definition) is 1. The second kappa shape index (κ2) is 4.95. The average Bonchev–Trinajstić information content (AvgIpc) is 3.04. The van der Waals surface area contributed by atoms with Crippen LogP contribution >= 0.6 is 0 Å². The molecule has 0 saturated heterocycles. The van der Waals surface area contributed by atoms with E-state index in [0.717, 1.165) is 4.57 Å². The van der Waals surface area contributed by atoms with Crippen LogP contribution in [0.3, 0.4) is 0 Å². The molecule has 1 aliphatic heterocycles. The number of hydrogen-bond acceptors (Lipinski definition) is 1. The number of aromatic nitrogens is 1. The molecule has 2 aromatic carbocycles. The Labute approximate surface area is 140 Å². The molecule has 1 unspecified atom stereocenters. The molecule has 1 aliphatic rings. The highest BCUT2D eigenvalue weighted by atomic mass is 19.4. The summed E-state index contributed by atoms with van der Waals surface area (Å²) >= 11 is 0. The number of rotatable bonds is 1. The van der Waals surface area contributed by atoms with E-state index in [2.05, 4.69) is 0 Å². The molecule has 2 nitrogen and oxygen atoms in total. The molecule has 0 spiro atoms. The first-order valence-corrected chi connectivity index (χ1v) is 7.63. The molecule has 128 valence electrons. The summed E-state index contributed by atoms with van der Waals surface area (Å²) in [4.78, 5) is 0. The summed E-state index contributed by atoms with van der Waals surface area (Å²) in [5.74, 6) is -0.642. The maximum Gasteiger partial charge on any atom is 0.441 e. The average molecular weight is 347 g/mol. The Morgan fingerprint density at radius 1 is 1.00 bits per heavy atom. The van der Waals surface area contributed by atoms with Gasteiger partial charge in [0.2, 0.25) is 0 Å². The second-order valence-electron chi connectivity index (χ2n) is 6.09. The maximum absolute atomic E-state index is 14.3. The number of benzene rings is 2. The molecule has 3 aromatic rings. The summed E-state index contributed by atoms with van der Waals surface area (Å²) in [6.07, 6.45) is -4.26. The quantitative estimate of drug-likeness (QED) is 0.632. The lowest BCUT2D eigenvalue weighted by Crippen LogP contribution is -2.44. The molecule has 0 radical (unpaired) electrons. The fraction of sp³-hybridized carbons (Fsp3) is 0.158. The third kappa shape index (κ3) is 2.00. The lowest BCUT2D eigenvalue weighted by atomic mass is 9.98. The van der Waals surface area contributed by atoms with Crippen molar-refractivity contribution in [3.8, 4) is 0 Å². The van der Waals surface area contributed by atoms with Crippen LogP contribution in [0.5, 0.6) is 0 Å². The monoisotopic (exact) mass is 347 g/mol. The van der Waals surface area contributed by atoms with E-state index in [1.807, 2.05) is 0 Å². The number of alkyl halides is 3. The van der Waals surface area contributed by atoms with Crippen molar-refractivity contribution in [1.29, 1.82) is 0 Å². The number of fused-ring (bicyclic) bond motifs is 3. The van der Waals surface area contributed by atoms with Crippen molar-refractivity contribution in [3.05, 3.63) is 77.2 Å². The van der Waals surface area contributed by atoms with Gasteiger partial charge in [0.15, 0.2) is 0 Å². The minimum Gasteiger partial charge on any atom is -0.360 e. The van der Waals surface area contributed by atoms with Crippen molar-refractivity contribution in [3.63, 3.8) is 0 Å². The molecule has 0 saturated carbocycles. The van der Waals surface area contributed by atoms with Crippen molar-refractivity contribution in [1.82, 2.24) is 4.57 Å². The topological polar surface area (TPSA) is 25.2 Å². The van der Waals surface area contributed by atoms with Crippen LogP contribution in [0.2, 0.25) is 0 Å². The zero-order valence-electron chi connectivity index (χ0n) is 13.1. The van der Waals surface area contributed by atoms with Crippen LogP contribution in [0, 0.1) is 12.7 Å². The van der Waals surface area contributed by atoms with Gasteiger partial charge in [-0.1, -0.05) is 36.4 Å². The molecular weight excluding hydrogens is 334 g/mol. The summed E-state index contributed by atoms with van der Waals surface area (Å²) in [7, 11) is 0. The van der Waals surface area contributed by atoms with Gasteiger partial charge in [0.1, 0.15) is 5.82 Å². The van der Waals surface area contributed by atoms with Crippen LogP contribution < -0.4 is 0 Å². The van der Waals surface area contributed by atoms with Crippen LogP contribution in [-0.4, -0.2) is 15.8 Å². The first-order valence-electron chi connectivity index (χ1n) is 7.63. The second-order valence-corrected chi connectivity index (χ2v) is 6.09. The molecule has 6 heteroatoms. The Hall–Kier alpha value is -2.60. The van der Waals surface area contributed by atoms with Crippen LogP contribution in [-0.2, 0) is 5.72 Å². The first-order chi connectivity index (χ1) is 11.8. The van der Waals surface area contributed by atoms with Gasteiger partial charge in [0, 0.05) is 16.5 Å². The van der Waals surface area contributed by atoms with Crippen molar-refractivity contribution >= 4 is 16.5 Å². The van der Waals surface area contributed by atoms with E-state index in [1.165, 1.54) is 24.3 Å². The molecule has 0 fully saturated rings. The predicted molar refractivity (Wildman–Crippen MR) is 86.4 cm³/mol. The minimum atomic E-state index is -4.96. The molecule has 2 heterocycles. The Morgan fingerprint density at radius 2 is 1.64 bits per heavy atom. The van der Waals surface area contributed by atoms with Crippen LogP contribution in [0.1, 0.15) is 16.8 Å². The molecule has 0 aliphatic carbocycles. The maximum atomic E-state index is 14.3. The number of aryl methyl sites for hydroxylation is 1. The van der Waals surface area contributed by atoms with E-state index in [-0.39, 0.29) is 22.3 Å². The highest BCUT2D eigenvalue weighted by Gasteiger charge is 2.58. The highest BCUT2D eigenvalue weighted by molar-refractivity contribution is 5.95. The summed E-state index contributed by atoms with van der Waals surface area (Å²) < 4.78 is 56.3. The Balaban J connectivity index is 2.14. The Morgan fingerprint density at radius 3 is 2.32 bits per heavy atom. The third-order valence-corrected chi connectivity index (χ3v) is 4.65. The smallest absolute Gasteiger partial charge is 0.360 e. The predicted octanol–water partition coefficient (Wildman–Crippen LogP) is 4.74. The minimum absolute atomic E-state index is 0.0230. The third-order valence-electron chi connectivity index (χ3n) is 4.65. The van der Waals surface area contributed by atoms with Crippen molar-refractivity contribution in [2.75, 3.05) is 0 Å². The number of halogens is 4. The largest absolute Gasteiger partial charge is 0.441 e. The van der Waals surface area contributed by atoms with Gasteiger partial charge in [-0.05, 0) is 30.7 Å². The SMILES string of the molecule is Cc1c2n(c3ccccc13)C(O)(C(F)(F)F)C=C2c1ccccc1F. The summed E-state index contributed by atoms with van der Waals surface area (Å²) in [6.45, 7) is 1.67. The van der Waals surface area contributed by atoms with E-state index in [4.69, 9.17) is 0 Å². The summed E-state index contributed by atoms with van der Waals surface area (Å²) in [5, 5.41) is 11.1. The van der Waals surface area contributed by atoms with Gasteiger partial charge in [-0.2, -0.15) is 13.2 Å². The number of nitrogens with zero attached hydrogens (tertiary/aromatic N) is 1. The first kappa shape index (κ1) is 15.9. The van der Waals surface area contributed by atoms with Crippen LogP contribution in [0.15, 0.2) is 54.6 Å². The van der Waals surface area contributed by atoms with Gasteiger partial charge in [-0.3, -0.25) is 0 Å². The lowest BCUT2D eigenvalue weighted by molar-refractivity contribution is -0.272. The van der Waals surface area contributed by atoms with E-state index >= 15 is 0 Å². The van der Waals surface area contributed by atoms with E-state index < -0.39 is 17.7 Å².